The first kappa shape index (κ1) is 25.5. The Morgan fingerprint density at radius 2 is 1.74 bits per heavy atom. The van der Waals surface area contributed by atoms with Crippen molar-refractivity contribution in [3.05, 3.63) is 52.3 Å². The molecule has 7 heteroatoms. The highest BCUT2D eigenvalue weighted by atomic mass is 16.8. The Morgan fingerprint density at radius 3 is 2.26 bits per heavy atom. The Balaban J connectivity index is 1.91. The number of benzene rings is 1. The first-order valence-electron chi connectivity index (χ1n) is 11.9. The van der Waals surface area contributed by atoms with Gasteiger partial charge in [-0.2, -0.15) is 5.10 Å². The van der Waals surface area contributed by atoms with Crippen LogP contribution in [0, 0.1) is 13.8 Å². The van der Waals surface area contributed by atoms with Gasteiger partial charge in [-0.3, -0.25) is 9.67 Å². The maximum atomic E-state index is 12.0. The van der Waals surface area contributed by atoms with E-state index in [2.05, 4.69) is 62.1 Å². The topological polar surface area (TPSA) is 74.9 Å². The highest BCUT2D eigenvalue weighted by molar-refractivity contribution is 6.04. The molecule has 1 aromatic carbocycles. The standard InChI is InChI=1S/C27H37N3O4/c1-8-9-10-15-32-26(31)34-17-33-25(24-18(2)19(3)29-30(24)7)23(22-16-28-22)20-11-13-21(14-12-20)27(4,5)6/h11-14,16,22H,8-10,15,17H2,1-7H3/b25-23+. The molecule has 1 atom stereocenters. The Morgan fingerprint density at radius 1 is 1.06 bits per heavy atom. The molecule has 0 N–H and O–H groups in total. The number of hydrogen-bond donors (Lipinski definition) is 0. The number of aliphatic imine (C=N–C) groups is 1. The van der Waals surface area contributed by atoms with E-state index < -0.39 is 6.16 Å². The zero-order chi connectivity index (χ0) is 24.9. The van der Waals surface area contributed by atoms with Gasteiger partial charge in [0.25, 0.3) is 0 Å². The van der Waals surface area contributed by atoms with Crippen LogP contribution in [0.2, 0.25) is 0 Å². The lowest BCUT2D eigenvalue weighted by Crippen LogP contribution is -2.14. The average Bonchev–Trinajstić information content (AvgIpc) is 3.57. The van der Waals surface area contributed by atoms with Crippen LogP contribution in [0.5, 0.6) is 0 Å². The van der Waals surface area contributed by atoms with E-state index in [9.17, 15) is 4.79 Å². The van der Waals surface area contributed by atoms with Crippen LogP contribution in [0.15, 0.2) is 29.3 Å². The van der Waals surface area contributed by atoms with E-state index >= 15 is 0 Å². The van der Waals surface area contributed by atoms with Gasteiger partial charge in [-0.05, 0) is 36.8 Å². The Hall–Kier alpha value is -3.09. The van der Waals surface area contributed by atoms with Gasteiger partial charge in [-0.25, -0.2) is 4.79 Å². The summed E-state index contributed by atoms with van der Waals surface area (Å²) >= 11 is 0. The summed E-state index contributed by atoms with van der Waals surface area (Å²) in [7, 11) is 1.88. The molecule has 0 aliphatic carbocycles. The molecule has 0 saturated carbocycles. The summed E-state index contributed by atoms with van der Waals surface area (Å²) in [5.41, 5.74) is 5.98. The molecule has 0 saturated heterocycles. The summed E-state index contributed by atoms with van der Waals surface area (Å²) in [4.78, 5) is 16.4. The number of hydrogen-bond acceptors (Lipinski definition) is 6. The van der Waals surface area contributed by atoms with Gasteiger partial charge in [-0.1, -0.05) is 64.8 Å². The van der Waals surface area contributed by atoms with E-state index in [1.807, 2.05) is 27.1 Å². The second-order valence-electron chi connectivity index (χ2n) is 9.71. The van der Waals surface area contributed by atoms with Crippen molar-refractivity contribution in [1.82, 2.24) is 9.78 Å². The first-order chi connectivity index (χ1) is 16.1. The van der Waals surface area contributed by atoms with Crippen molar-refractivity contribution < 1.29 is 19.0 Å². The number of rotatable bonds is 10. The number of carbonyl (C=O) groups is 1. The highest BCUT2D eigenvalue weighted by Gasteiger charge is 2.30. The highest BCUT2D eigenvalue weighted by Crippen LogP contribution is 2.36. The largest absolute Gasteiger partial charge is 0.511 e. The van der Waals surface area contributed by atoms with Gasteiger partial charge in [0.15, 0.2) is 5.76 Å². The smallest absolute Gasteiger partial charge is 0.455 e. The minimum absolute atomic E-state index is 0.0545. The van der Waals surface area contributed by atoms with Gasteiger partial charge in [0.05, 0.1) is 12.3 Å². The number of aryl methyl sites for hydroxylation is 2. The Labute approximate surface area is 202 Å². The zero-order valence-corrected chi connectivity index (χ0v) is 21.5. The summed E-state index contributed by atoms with van der Waals surface area (Å²) in [5.74, 6) is 0.602. The van der Waals surface area contributed by atoms with E-state index in [-0.39, 0.29) is 18.2 Å². The third-order valence-electron chi connectivity index (χ3n) is 5.98. The van der Waals surface area contributed by atoms with Crippen molar-refractivity contribution in [1.29, 1.82) is 0 Å². The maximum absolute atomic E-state index is 12.0. The maximum Gasteiger partial charge on any atom is 0.511 e. The van der Waals surface area contributed by atoms with Crippen molar-refractivity contribution >= 4 is 23.7 Å². The molecule has 2 aromatic rings. The van der Waals surface area contributed by atoms with E-state index in [0.29, 0.717) is 12.4 Å². The van der Waals surface area contributed by atoms with Crippen molar-refractivity contribution in [2.75, 3.05) is 13.4 Å². The molecule has 1 aromatic heterocycles. The normalized spacial score (nSPS) is 15.7. The lowest BCUT2D eigenvalue weighted by atomic mass is 9.85. The predicted octanol–water partition coefficient (Wildman–Crippen LogP) is 5.97. The predicted molar refractivity (Wildman–Crippen MR) is 135 cm³/mol. The van der Waals surface area contributed by atoms with Crippen LogP contribution in [0.4, 0.5) is 4.79 Å². The second-order valence-corrected chi connectivity index (χ2v) is 9.71. The number of nitrogens with zero attached hydrogens (tertiary/aromatic N) is 3. The molecule has 2 heterocycles. The van der Waals surface area contributed by atoms with Gasteiger partial charge in [0.2, 0.25) is 6.79 Å². The number of unbranched alkanes of at least 4 members (excludes halogenated alkanes) is 2. The molecule has 0 bridgehead atoms. The summed E-state index contributed by atoms with van der Waals surface area (Å²) in [6, 6.07) is 8.39. The molecule has 1 aliphatic heterocycles. The SMILES string of the molecule is CCCCCOC(=O)OCO/C(=C(\c1ccc(C(C)(C)C)cc1)C1C=N1)c1c(C)c(C)nn1C. The average molecular weight is 468 g/mol. The third kappa shape index (κ3) is 6.27. The quantitative estimate of drug-likeness (QED) is 0.186. The van der Waals surface area contributed by atoms with Gasteiger partial charge < -0.3 is 14.2 Å². The van der Waals surface area contributed by atoms with Gasteiger partial charge in [0.1, 0.15) is 11.7 Å². The van der Waals surface area contributed by atoms with Crippen LogP contribution in [0.1, 0.15) is 75.0 Å². The molecule has 0 radical (unpaired) electrons. The molecule has 0 spiro atoms. The summed E-state index contributed by atoms with van der Waals surface area (Å²) in [6.07, 6.45) is 4.04. The molecule has 1 unspecified atom stereocenters. The van der Waals surface area contributed by atoms with Crippen molar-refractivity contribution in [3.8, 4) is 0 Å². The van der Waals surface area contributed by atoms with Crippen LogP contribution in [0.25, 0.3) is 11.3 Å². The molecule has 1 aliphatic rings. The fourth-order valence-corrected chi connectivity index (χ4v) is 3.82. The van der Waals surface area contributed by atoms with Crippen LogP contribution < -0.4 is 0 Å². The summed E-state index contributed by atoms with van der Waals surface area (Å²) in [5, 5.41) is 4.56. The van der Waals surface area contributed by atoms with E-state index in [4.69, 9.17) is 14.2 Å². The molecule has 0 amide bonds. The number of carbonyl (C=O) groups excluding carboxylic acids is 1. The van der Waals surface area contributed by atoms with Crippen molar-refractivity contribution in [2.24, 2.45) is 12.0 Å². The summed E-state index contributed by atoms with van der Waals surface area (Å²) in [6.45, 7) is 12.7. The fraction of sp³-hybridized carbons (Fsp3) is 0.519. The minimum atomic E-state index is -0.730. The number of aromatic nitrogens is 2. The summed E-state index contributed by atoms with van der Waals surface area (Å²) < 4.78 is 18.3. The monoisotopic (exact) mass is 467 g/mol. The lowest BCUT2D eigenvalue weighted by Gasteiger charge is -2.21. The van der Waals surface area contributed by atoms with Gasteiger partial charge in [-0.15, -0.1) is 0 Å². The molecule has 0 fully saturated rings. The van der Waals surface area contributed by atoms with Gasteiger partial charge >= 0.3 is 6.16 Å². The molecule has 184 valence electrons. The molecular formula is C27H37N3O4. The van der Waals surface area contributed by atoms with Crippen LogP contribution in [-0.2, 0) is 26.7 Å². The third-order valence-corrected chi connectivity index (χ3v) is 5.98. The molecule has 7 nitrogen and oxygen atoms in total. The fourth-order valence-electron chi connectivity index (χ4n) is 3.82. The van der Waals surface area contributed by atoms with Gasteiger partial charge in [0, 0.05) is 24.4 Å². The molecule has 3 rings (SSSR count). The lowest BCUT2D eigenvalue weighted by molar-refractivity contribution is -0.00622. The van der Waals surface area contributed by atoms with E-state index in [0.717, 1.165) is 47.4 Å². The molecule has 34 heavy (non-hydrogen) atoms. The zero-order valence-electron chi connectivity index (χ0n) is 21.5. The molecular weight excluding hydrogens is 430 g/mol. The first-order valence-corrected chi connectivity index (χ1v) is 11.9. The minimum Gasteiger partial charge on any atom is -0.455 e. The van der Waals surface area contributed by atoms with Crippen molar-refractivity contribution in [3.63, 3.8) is 0 Å². The number of ether oxygens (including phenoxy) is 3. The van der Waals surface area contributed by atoms with Crippen LogP contribution in [0.3, 0.4) is 0 Å². The van der Waals surface area contributed by atoms with Crippen LogP contribution >= 0.6 is 0 Å². The Kier molecular flexibility index (Phi) is 8.18. The van der Waals surface area contributed by atoms with Crippen molar-refractivity contribution in [2.45, 2.75) is 72.3 Å². The van der Waals surface area contributed by atoms with E-state index in [1.165, 1.54) is 5.56 Å². The second kappa shape index (κ2) is 10.9. The van der Waals surface area contributed by atoms with Crippen LogP contribution in [-0.4, -0.2) is 41.6 Å². The Bertz CT molecular complexity index is 1050. The van der Waals surface area contributed by atoms with E-state index in [1.54, 1.807) is 4.68 Å².